The molecule has 0 fully saturated rings. The zero-order valence-corrected chi connectivity index (χ0v) is 26.1. The first-order chi connectivity index (χ1) is 19.9. The summed E-state index contributed by atoms with van der Waals surface area (Å²) in [4.78, 5) is 40.4. The number of pyridine rings is 1. The van der Waals surface area contributed by atoms with E-state index in [1.807, 2.05) is 53.7 Å². The predicted octanol–water partition coefficient (Wildman–Crippen LogP) is 6.06. The minimum Gasteiger partial charge on any atom is -0.481 e. The number of hydrogen-bond acceptors (Lipinski definition) is 4. The molecule has 2 aromatic rings. The molecule has 1 amide bonds. The van der Waals surface area contributed by atoms with Gasteiger partial charge in [-0.05, 0) is 82.0 Å². The van der Waals surface area contributed by atoms with Crippen LogP contribution in [0.15, 0.2) is 46.9 Å². The van der Waals surface area contributed by atoms with Gasteiger partial charge in [0.2, 0.25) is 5.91 Å². The second kappa shape index (κ2) is 13.3. The lowest BCUT2D eigenvalue weighted by atomic mass is 9.91. The van der Waals surface area contributed by atoms with E-state index in [2.05, 4.69) is 17.4 Å². The van der Waals surface area contributed by atoms with Crippen LogP contribution in [0.1, 0.15) is 73.0 Å². The van der Waals surface area contributed by atoms with Crippen molar-refractivity contribution in [2.24, 2.45) is 11.8 Å². The first-order valence-electron chi connectivity index (χ1n) is 14.4. The molecule has 1 aliphatic rings. The molecule has 10 heteroatoms. The number of carboxylic acid groups (broad SMARTS) is 1. The Morgan fingerprint density at radius 2 is 1.67 bits per heavy atom. The third-order valence-electron chi connectivity index (χ3n) is 7.68. The van der Waals surface area contributed by atoms with E-state index < -0.39 is 47.2 Å². The Morgan fingerprint density at radius 3 is 2.19 bits per heavy atom. The molecular weight excluding hydrogens is 559 g/mol. The number of nitrogens with one attached hydrogen (secondary N) is 1. The van der Waals surface area contributed by atoms with Gasteiger partial charge in [0.05, 0.1) is 12.0 Å². The van der Waals surface area contributed by atoms with E-state index in [-0.39, 0.29) is 30.9 Å². The van der Waals surface area contributed by atoms with E-state index in [9.17, 15) is 32.7 Å². The van der Waals surface area contributed by atoms with E-state index in [1.165, 1.54) is 0 Å². The summed E-state index contributed by atoms with van der Waals surface area (Å²) in [6.45, 7) is 11.5. The fourth-order valence-corrected chi connectivity index (χ4v) is 6.03. The number of carboxylic acids is 1. The number of carbonyl (C=O) groups is 2. The van der Waals surface area contributed by atoms with Crippen LogP contribution in [0.4, 0.5) is 13.2 Å². The highest BCUT2D eigenvalue weighted by atomic mass is 19.4. The number of carbonyl (C=O) groups excluding carboxylic acids is 1. The van der Waals surface area contributed by atoms with Crippen LogP contribution in [0.25, 0.3) is 5.57 Å². The van der Waals surface area contributed by atoms with Gasteiger partial charge in [0.25, 0.3) is 5.56 Å². The van der Waals surface area contributed by atoms with Crippen molar-refractivity contribution in [2.45, 2.75) is 79.2 Å². The molecule has 3 rings (SSSR count). The predicted molar refractivity (Wildman–Crippen MR) is 162 cm³/mol. The summed E-state index contributed by atoms with van der Waals surface area (Å²) < 4.78 is 42.4. The summed E-state index contributed by atoms with van der Waals surface area (Å²) in [6, 6.07) is 2.73. The molecule has 0 radical (unpaired) electrons. The van der Waals surface area contributed by atoms with Crippen LogP contribution in [0, 0.1) is 32.6 Å². The molecule has 0 aliphatic heterocycles. The normalized spacial score (nSPS) is 16.7. The first kappa shape index (κ1) is 33.8. The van der Waals surface area contributed by atoms with Gasteiger partial charge in [-0.3, -0.25) is 14.4 Å². The number of aryl methyl sites for hydroxylation is 3. The molecule has 3 atom stereocenters. The Morgan fingerprint density at radius 1 is 1.07 bits per heavy atom. The average Bonchev–Trinajstić information content (AvgIpc) is 3.21. The Balaban J connectivity index is 2.05. The molecule has 0 saturated carbocycles. The van der Waals surface area contributed by atoms with Gasteiger partial charge in [0, 0.05) is 30.8 Å². The lowest BCUT2D eigenvalue weighted by Gasteiger charge is -2.28. The molecule has 1 heterocycles. The van der Waals surface area contributed by atoms with Gasteiger partial charge in [-0.25, -0.2) is 0 Å². The van der Waals surface area contributed by atoms with E-state index in [0.29, 0.717) is 6.07 Å². The molecule has 1 aromatic heterocycles. The van der Waals surface area contributed by atoms with E-state index in [0.717, 1.165) is 44.2 Å². The molecule has 0 saturated heterocycles. The zero-order valence-electron chi connectivity index (χ0n) is 26.1. The summed E-state index contributed by atoms with van der Waals surface area (Å²) in [6.07, 6.45) is 0.128. The van der Waals surface area contributed by atoms with Crippen molar-refractivity contribution >= 4 is 17.4 Å². The van der Waals surface area contributed by atoms with Crippen LogP contribution in [-0.2, 0) is 22.3 Å². The van der Waals surface area contributed by atoms with Crippen molar-refractivity contribution in [2.75, 3.05) is 14.1 Å². The number of nitrogens with zero attached hydrogens (tertiary/aromatic N) is 2. The van der Waals surface area contributed by atoms with Gasteiger partial charge in [-0.1, -0.05) is 49.3 Å². The summed E-state index contributed by atoms with van der Waals surface area (Å²) in [5.74, 6) is -2.24. The number of hydrogen-bond donors (Lipinski definition) is 2. The highest BCUT2D eigenvalue weighted by Crippen LogP contribution is 2.37. The standard InChI is InChI=1S/C33H42F3N3O4/c1-18(2)9-28(39-17-24(16-38(7)8)26(14-29(39)40)33(34,35)36)32(43)37-27(15-30(41)42)25-13-23(12-20(25)4)31-21(5)10-19(3)11-22(31)6/h10-14,17-18,25,27-28H,9,15-16H2,1-8H3,(H,37,43)(H,41,42)/t25?,27-,28?/m0/s1. The highest BCUT2D eigenvalue weighted by Gasteiger charge is 2.36. The van der Waals surface area contributed by atoms with E-state index in [1.54, 1.807) is 19.0 Å². The summed E-state index contributed by atoms with van der Waals surface area (Å²) >= 11 is 0. The number of aromatic nitrogens is 1. The van der Waals surface area contributed by atoms with E-state index >= 15 is 0 Å². The molecule has 0 spiro atoms. The van der Waals surface area contributed by atoms with Gasteiger partial charge in [-0.15, -0.1) is 0 Å². The van der Waals surface area contributed by atoms with Gasteiger partial charge in [-0.2, -0.15) is 13.2 Å². The molecule has 43 heavy (non-hydrogen) atoms. The monoisotopic (exact) mass is 601 g/mol. The molecule has 7 nitrogen and oxygen atoms in total. The zero-order chi connectivity index (χ0) is 32.4. The van der Waals surface area contributed by atoms with Crippen LogP contribution < -0.4 is 10.9 Å². The van der Waals surface area contributed by atoms with Crippen LogP contribution in [0.3, 0.4) is 0 Å². The number of rotatable bonds is 11. The fraction of sp³-hybridized carbons (Fsp3) is 0.485. The highest BCUT2D eigenvalue weighted by molar-refractivity contribution is 5.84. The summed E-state index contributed by atoms with van der Waals surface area (Å²) in [5, 5.41) is 12.6. The second-order valence-electron chi connectivity index (χ2n) is 12.4. The Kier molecular flexibility index (Phi) is 10.5. The van der Waals surface area contributed by atoms with Gasteiger partial charge in [0.15, 0.2) is 0 Å². The van der Waals surface area contributed by atoms with Crippen molar-refractivity contribution in [1.82, 2.24) is 14.8 Å². The maximum absolute atomic E-state index is 13.9. The number of aliphatic carboxylic acids is 1. The van der Waals surface area contributed by atoms with Crippen molar-refractivity contribution < 1.29 is 27.9 Å². The SMILES string of the molecule is CC1=CC(c2c(C)cc(C)cc2C)=CC1[C@H](CC(=O)O)NC(=O)C(CC(C)C)n1cc(CN(C)C)c(C(F)(F)F)cc1=O. The first-order valence-corrected chi connectivity index (χ1v) is 14.4. The third kappa shape index (κ3) is 8.25. The Labute approximate surface area is 251 Å². The van der Waals surface area contributed by atoms with Gasteiger partial charge in [0.1, 0.15) is 6.04 Å². The smallest absolute Gasteiger partial charge is 0.416 e. The second-order valence-corrected chi connectivity index (χ2v) is 12.4. The Bertz CT molecular complexity index is 1480. The summed E-state index contributed by atoms with van der Waals surface area (Å²) in [7, 11) is 3.23. The van der Waals surface area contributed by atoms with Gasteiger partial charge >= 0.3 is 12.1 Å². The number of amides is 1. The lowest BCUT2D eigenvalue weighted by Crippen LogP contribution is -2.46. The average molecular weight is 602 g/mol. The van der Waals surface area contributed by atoms with Crippen LogP contribution in [0.5, 0.6) is 0 Å². The maximum atomic E-state index is 13.9. The van der Waals surface area contributed by atoms with Gasteiger partial charge < -0.3 is 19.9 Å². The molecule has 234 valence electrons. The minimum atomic E-state index is -4.74. The minimum absolute atomic E-state index is 0.0905. The van der Waals surface area contributed by atoms with Crippen molar-refractivity contribution in [3.8, 4) is 0 Å². The largest absolute Gasteiger partial charge is 0.481 e. The van der Waals surface area contributed by atoms with E-state index in [4.69, 9.17) is 0 Å². The number of benzene rings is 1. The quantitative estimate of drug-likeness (QED) is 0.327. The number of allylic oxidation sites excluding steroid dienone is 2. The molecule has 1 aliphatic carbocycles. The Hall–Kier alpha value is -3.66. The van der Waals surface area contributed by atoms with Crippen molar-refractivity contribution in [3.63, 3.8) is 0 Å². The maximum Gasteiger partial charge on any atom is 0.416 e. The molecular formula is C33H42F3N3O4. The molecule has 2 unspecified atom stereocenters. The van der Waals surface area contributed by atoms with Crippen LogP contribution in [-0.4, -0.2) is 46.6 Å². The van der Waals surface area contributed by atoms with Crippen LogP contribution >= 0.6 is 0 Å². The van der Waals surface area contributed by atoms with Crippen molar-refractivity contribution in [3.05, 3.63) is 85.9 Å². The van der Waals surface area contributed by atoms with Crippen LogP contribution in [0.2, 0.25) is 0 Å². The van der Waals surface area contributed by atoms with Crippen molar-refractivity contribution in [1.29, 1.82) is 0 Å². The molecule has 0 bridgehead atoms. The summed E-state index contributed by atoms with van der Waals surface area (Å²) in [5.41, 5.74) is 4.04. The molecule has 2 N–H and O–H groups in total. The lowest BCUT2D eigenvalue weighted by molar-refractivity contribution is -0.139. The third-order valence-corrected chi connectivity index (χ3v) is 7.68. The topological polar surface area (TPSA) is 91.6 Å². The molecule has 1 aromatic carbocycles. The fourth-order valence-electron chi connectivity index (χ4n) is 6.03. The number of alkyl halides is 3. The number of halogens is 3.